The summed E-state index contributed by atoms with van der Waals surface area (Å²) in [5, 5.41) is 0. The molecular formula is C57H106O6. The molecule has 0 radical (unpaired) electrons. The number of allylic oxidation sites excluding steroid dienone is 4. The van der Waals surface area contributed by atoms with Crippen molar-refractivity contribution < 1.29 is 28.6 Å². The van der Waals surface area contributed by atoms with Crippen LogP contribution in [0.4, 0.5) is 0 Å². The maximum atomic E-state index is 12.8. The maximum Gasteiger partial charge on any atom is 0.306 e. The quantitative estimate of drug-likeness (QED) is 0.0262. The molecule has 63 heavy (non-hydrogen) atoms. The van der Waals surface area contributed by atoms with E-state index in [1.807, 2.05) is 0 Å². The predicted octanol–water partition coefficient (Wildman–Crippen LogP) is 18.3. The van der Waals surface area contributed by atoms with Crippen LogP contribution in [0.2, 0.25) is 0 Å². The van der Waals surface area contributed by atoms with E-state index in [4.69, 9.17) is 14.2 Å². The summed E-state index contributed by atoms with van der Waals surface area (Å²) in [6.07, 6.45) is 60.2. The molecule has 0 unspecified atom stereocenters. The Morgan fingerprint density at radius 3 is 0.810 bits per heavy atom. The summed E-state index contributed by atoms with van der Waals surface area (Å²) < 4.78 is 16.8. The Hall–Kier alpha value is -2.11. The van der Waals surface area contributed by atoms with Crippen molar-refractivity contribution in [2.45, 2.75) is 309 Å². The Morgan fingerprint density at radius 1 is 0.302 bits per heavy atom. The molecule has 0 N–H and O–H groups in total. The highest BCUT2D eigenvalue weighted by Crippen LogP contribution is 2.16. The summed E-state index contributed by atoms with van der Waals surface area (Å²) in [7, 11) is 0. The number of rotatable bonds is 51. The van der Waals surface area contributed by atoms with Crippen LogP contribution in [0.5, 0.6) is 0 Å². The largest absolute Gasteiger partial charge is 0.462 e. The molecule has 0 aromatic rings. The van der Waals surface area contributed by atoms with Crippen molar-refractivity contribution in [3.05, 3.63) is 24.3 Å². The van der Waals surface area contributed by atoms with Crippen LogP contribution in [0.15, 0.2) is 24.3 Å². The molecule has 0 aliphatic heterocycles. The fourth-order valence-electron chi connectivity index (χ4n) is 8.20. The van der Waals surface area contributed by atoms with Gasteiger partial charge < -0.3 is 14.2 Å². The van der Waals surface area contributed by atoms with Crippen LogP contribution in [0.3, 0.4) is 0 Å². The van der Waals surface area contributed by atoms with Gasteiger partial charge in [0, 0.05) is 19.3 Å². The van der Waals surface area contributed by atoms with Gasteiger partial charge >= 0.3 is 17.9 Å². The maximum absolute atomic E-state index is 12.8. The average molecular weight is 887 g/mol. The van der Waals surface area contributed by atoms with Gasteiger partial charge in [0.1, 0.15) is 13.2 Å². The number of esters is 3. The number of carbonyl (C=O) groups is 3. The summed E-state index contributed by atoms with van der Waals surface area (Å²) in [6, 6.07) is 0. The van der Waals surface area contributed by atoms with Crippen LogP contribution in [-0.2, 0) is 28.6 Å². The van der Waals surface area contributed by atoms with Crippen molar-refractivity contribution >= 4 is 17.9 Å². The zero-order valence-corrected chi connectivity index (χ0v) is 42.4. The van der Waals surface area contributed by atoms with Crippen molar-refractivity contribution in [1.82, 2.24) is 0 Å². The first-order chi connectivity index (χ1) is 31.0. The summed E-state index contributed by atoms with van der Waals surface area (Å²) in [4.78, 5) is 38.0. The minimum atomic E-state index is -0.771. The highest BCUT2D eigenvalue weighted by Gasteiger charge is 2.19. The lowest BCUT2D eigenvalue weighted by molar-refractivity contribution is -0.167. The first kappa shape index (κ1) is 60.9. The number of hydrogen-bond donors (Lipinski definition) is 0. The van der Waals surface area contributed by atoms with E-state index in [0.29, 0.717) is 19.3 Å². The molecule has 0 aromatic carbocycles. The van der Waals surface area contributed by atoms with Gasteiger partial charge in [0.25, 0.3) is 0 Å². The second-order valence-corrected chi connectivity index (χ2v) is 18.8. The van der Waals surface area contributed by atoms with E-state index >= 15 is 0 Å². The molecule has 0 aliphatic rings. The molecule has 0 saturated carbocycles. The summed E-state index contributed by atoms with van der Waals surface area (Å²) >= 11 is 0. The third-order valence-corrected chi connectivity index (χ3v) is 12.4. The van der Waals surface area contributed by atoms with Crippen LogP contribution in [0.1, 0.15) is 303 Å². The standard InChI is InChI=1S/C57H106O6/c1-4-7-10-13-16-19-22-25-26-27-28-29-30-33-35-38-41-44-47-50-56(59)62-53-54(63-57(60)51-48-45-42-39-36-32-24-21-18-15-12-9-6-3)52-61-55(58)49-46-43-40-37-34-31-23-20-17-14-11-8-5-2/h21,24-26,54H,4-20,22-23,27-53H2,1-3H3/b24-21+,26-25+/t54-/m1/s1. The molecule has 0 aliphatic carbocycles. The second-order valence-electron chi connectivity index (χ2n) is 18.8. The number of hydrogen-bond acceptors (Lipinski definition) is 6. The van der Waals surface area contributed by atoms with Crippen LogP contribution < -0.4 is 0 Å². The zero-order valence-electron chi connectivity index (χ0n) is 42.4. The van der Waals surface area contributed by atoms with Crippen LogP contribution in [0.25, 0.3) is 0 Å². The van der Waals surface area contributed by atoms with E-state index < -0.39 is 6.10 Å². The van der Waals surface area contributed by atoms with Crippen LogP contribution in [0, 0.1) is 0 Å². The molecule has 0 spiro atoms. The van der Waals surface area contributed by atoms with Crippen LogP contribution in [-0.4, -0.2) is 37.2 Å². The lowest BCUT2D eigenvalue weighted by Crippen LogP contribution is -2.30. The number of ether oxygens (including phenoxy) is 3. The minimum absolute atomic E-state index is 0.0711. The number of unbranched alkanes of at least 4 members (excludes halogenated alkanes) is 36. The van der Waals surface area contributed by atoms with Crippen molar-refractivity contribution in [2.24, 2.45) is 0 Å². The van der Waals surface area contributed by atoms with Gasteiger partial charge in [-0.1, -0.05) is 238 Å². The first-order valence-electron chi connectivity index (χ1n) is 27.8. The minimum Gasteiger partial charge on any atom is -0.462 e. The van der Waals surface area contributed by atoms with Gasteiger partial charge in [-0.25, -0.2) is 0 Å². The van der Waals surface area contributed by atoms with Crippen molar-refractivity contribution in [3.8, 4) is 0 Å². The number of carbonyl (C=O) groups excluding carboxylic acids is 3. The Labute approximate surface area is 392 Å². The van der Waals surface area contributed by atoms with E-state index in [2.05, 4.69) is 45.1 Å². The third-order valence-electron chi connectivity index (χ3n) is 12.4. The Morgan fingerprint density at radius 2 is 0.524 bits per heavy atom. The molecule has 1 atom stereocenters. The fourth-order valence-corrected chi connectivity index (χ4v) is 8.20. The Balaban J connectivity index is 4.30. The lowest BCUT2D eigenvalue weighted by Gasteiger charge is -2.18. The van der Waals surface area contributed by atoms with E-state index in [-0.39, 0.29) is 31.1 Å². The molecule has 0 fully saturated rings. The molecule has 6 nitrogen and oxygen atoms in total. The van der Waals surface area contributed by atoms with Gasteiger partial charge in [-0.05, 0) is 70.6 Å². The van der Waals surface area contributed by atoms with Gasteiger partial charge in [0.15, 0.2) is 6.10 Å². The topological polar surface area (TPSA) is 78.9 Å². The third kappa shape index (κ3) is 50.7. The Kier molecular flexibility index (Phi) is 50.8. The van der Waals surface area contributed by atoms with Crippen molar-refractivity contribution in [3.63, 3.8) is 0 Å². The monoisotopic (exact) mass is 887 g/mol. The zero-order chi connectivity index (χ0) is 45.8. The van der Waals surface area contributed by atoms with Gasteiger partial charge in [0.05, 0.1) is 0 Å². The first-order valence-corrected chi connectivity index (χ1v) is 27.8. The highest BCUT2D eigenvalue weighted by molar-refractivity contribution is 5.71. The van der Waals surface area contributed by atoms with E-state index in [1.54, 1.807) is 0 Å². The van der Waals surface area contributed by atoms with Gasteiger partial charge in [-0.2, -0.15) is 0 Å². The van der Waals surface area contributed by atoms with Crippen molar-refractivity contribution in [1.29, 1.82) is 0 Å². The normalized spacial score (nSPS) is 12.1. The molecule has 0 aromatic heterocycles. The predicted molar refractivity (Wildman–Crippen MR) is 270 cm³/mol. The molecule has 370 valence electrons. The van der Waals surface area contributed by atoms with Gasteiger partial charge in [-0.3, -0.25) is 14.4 Å². The molecular weight excluding hydrogens is 781 g/mol. The van der Waals surface area contributed by atoms with Crippen molar-refractivity contribution in [2.75, 3.05) is 13.2 Å². The molecule has 0 rings (SSSR count). The molecule has 0 bridgehead atoms. The van der Waals surface area contributed by atoms with E-state index in [9.17, 15) is 14.4 Å². The molecule has 0 amide bonds. The SMILES string of the molecule is CCCCCC/C=C/CCCCCCCC(=O)O[C@@H](COC(=O)CCCCCCCCCCC/C=C/CCCCCCCC)COC(=O)CCCCCCCCCCCCCCC. The smallest absolute Gasteiger partial charge is 0.306 e. The average Bonchev–Trinajstić information content (AvgIpc) is 3.28. The van der Waals surface area contributed by atoms with E-state index in [1.165, 1.54) is 199 Å². The summed E-state index contributed by atoms with van der Waals surface area (Å²) in [6.45, 7) is 6.65. The summed E-state index contributed by atoms with van der Waals surface area (Å²) in [5.74, 6) is -0.866. The highest BCUT2D eigenvalue weighted by atomic mass is 16.6. The lowest BCUT2D eigenvalue weighted by atomic mass is 10.0. The Bertz CT molecular complexity index is 1020. The summed E-state index contributed by atoms with van der Waals surface area (Å²) in [5.41, 5.74) is 0. The second kappa shape index (κ2) is 52.5. The fraction of sp³-hybridized carbons (Fsp3) is 0.877. The molecule has 6 heteroatoms. The van der Waals surface area contributed by atoms with Gasteiger partial charge in [-0.15, -0.1) is 0 Å². The molecule has 0 heterocycles. The van der Waals surface area contributed by atoms with Crippen LogP contribution >= 0.6 is 0 Å². The molecule has 0 saturated heterocycles. The van der Waals surface area contributed by atoms with Gasteiger partial charge in [0.2, 0.25) is 0 Å². The van der Waals surface area contributed by atoms with E-state index in [0.717, 1.165) is 64.2 Å².